The van der Waals surface area contributed by atoms with Crippen LogP contribution in [0.4, 0.5) is 0 Å². The largest absolute Gasteiger partial charge is 0.358 e. The van der Waals surface area contributed by atoms with Gasteiger partial charge in [-0.25, -0.2) is 0 Å². The fourth-order valence-corrected chi connectivity index (χ4v) is 3.66. The van der Waals surface area contributed by atoms with Crippen LogP contribution in [0.1, 0.15) is 42.5 Å². The first-order valence-electron chi connectivity index (χ1n) is 9.20. The number of benzene rings is 1. The first-order valence-corrected chi connectivity index (χ1v) is 9.20. The van der Waals surface area contributed by atoms with Gasteiger partial charge in [0.15, 0.2) is 0 Å². The van der Waals surface area contributed by atoms with Gasteiger partial charge in [-0.2, -0.15) is 0 Å². The van der Waals surface area contributed by atoms with Crippen LogP contribution in [0.5, 0.6) is 0 Å². The minimum atomic E-state index is 0.124. The molecular weight excluding hydrogens is 298 g/mol. The predicted molar refractivity (Wildman–Crippen MR) is 99.4 cm³/mol. The van der Waals surface area contributed by atoms with Gasteiger partial charge in [-0.3, -0.25) is 4.79 Å². The average Bonchev–Trinajstić information content (AvgIpc) is 2.88. The number of aromatic nitrogens is 1. The van der Waals surface area contributed by atoms with E-state index in [0.717, 1.165) is 36.3 Å². The molecule has 1 aliphatic heterocycles. The zero-order valence-electron chi connectivity index (χ0n) is 15.0. The number of hydrogen-bond donors (Lipinski definition) is 2. The molecule has 0 spiro atoms. The third kappa shape index (κ3) is 4.18. The Morgan fingerprint density at radius 3 is 2.79 bits per heavy atom. The van der Waals surface area contributed by atoms with Gasteiger partial charge in [-0.05, 0) is 70.4 Å². The molecule has 1 amide bonds. The summed E-state index contributed by atoms with van der Waals surface area (Å²) in [5, 5.41) is 4.26. The van der Waals surface area contributed by atoms with E-state index in [-0.39, 0.29) is 5.91 Å². The Labute approximate surface area is 144 Å². The Kier molecular flexibility index (Phi) is 5.56. The molecule has 130 valence electrons. The van der Waals surface area contributed by atoms with Crippen LogP contribution in [-0.4, -0.2) is 42.0 Å². The van der Waals surface area contributed by atoms with Gasteiger partial charge in [0.25, 0.3) is 0 Å². The number of amides is 1. The summed E-state index contributed by atoms with van der Waals surface area (Å²) in [5.74, 6) is 0.124. The summed E-state index contributed by atoms with van der Waals surface area (Å²) >= 11 is 0. The third-order valence-corrected chi connectivity index (χ3v) is 5.03. The normalized spacial score (nSPS) is 15.8. The van der Waals surface area contributed by atoms with Gasteiger partial charge in [0, 0.05) is 23.1 Å². The molecule has 0 bridgehead atoms. The van der Waals surface area contributed by atoms with E-state index >= 15 is 0 Å². The van der Waals surface area contributed by atoms with Crippen LogP contribution in [0, 0.1) is 13.8 Å². The number of likely N-dealkylation sites (tertiary alicyclic amines) is 1. The van der Waals surface area contributed by atoms with Crippen molar-refractivity contribution in [2.24, 2.45) is 0 Å². The standard InChI is InChI=1S/C20H29N3O/c1-15-7-8-19-18(13-15)17(16(2)22-19)14-20(24)21-9-6-12-23-10-4-3-5-11-23/h7-8,13,22H,3-6,9-12,14H2,1-2H3,(H,21,24). The molecule has 4 heteroatoms. The van der Waals surface area contributed by atoms with Crippen LogP contribution < -0.4 is 5.32 Å². The Morgan fingerprint density at radius 2 is 2.00 bits per heavy atom. The van der Waals surface area contributed by atoms with E-state index in [1.165, 1.54) is 43.3 Å². The molecule has 2 heterocycles. The quantitative estimate of drug-likeness (QED) is 0.800. The van der Waals surface area contributed by atoms with E-state index in [0.29, 0.717) is 6.42 Å². The molecule has 3 rings (SSSR count). The predicted octanol–water partition coefficient (Wildman–Crippen LogP) is 3.32. The number of hydrogen-bond acceptors (Lipinski definition) is 2. The van der Waals surface area contributed by atoms with Crippen molar-refractivity contribution < 1.29 is 4.79 Å². The minimum absolute atomic E-state index is 0.124. The topological polar surface area (TPSA) is 48.1 Å². The number of nitrogens with zero attached hydrogens (tertiary/aromatic N) is 1. The smallest absolute Gasteiger partial charge is 0.224 e. The van der Waals surface area contributed by atoms with Gasteiger partial charge in [0.2, 0.25) is 5.91 Å². The van der Waals surface area contributed by atoms with Gasteiger partial charge in [0.1, 0.15) is 0 Å². The second-order valence-electron chi connectivity index (χ2n) is 7.06. The molecule has 1 aromatic heterocycles. The number of carbonyl (C=O) groups excluding carboxylic acids is 1. The number of carbonyl (C=O) groups is 1. The van der Waals surface area contributed by atoms with Crippen LogP contribution in [0.25, 0.3) is 10.9 Å². The lowest BCUT2D eigenvalue weighted by Gasteiger charge is -2.26. The lowest BCUT2D eigenvalue weighted by atomic mass is 10.1. The van der Waals surface area contributed by atoms with Crippen molar-refractivity contribution in [3.05, 3.63) is 35.0 Å². The van der Waals surface area contributed by atoms with Gasteiger partial charge < -0.3 is 15.2 Å². The van der Waals surface area contributed by atoms with Gasteiger partial charge >= 0.3 is 0 Å². The Bertz CT molecular complexity index is 698. The van der Waals surface area contributed by atoms with Crippen molar-refractivity contribution >= 4 is 16.8 Å². The van der Waals surface area contributed by atoms with E-state index in [4.69, 9.17) is 0 Å². The fourth-order valence-electron chi connectivity index (χ4n) is 3.66. The van der Waals surface area contributed by atoms with E-state index in [1.54, 1.807) is 0 Å². The lowest BCUT2D eigenvalue weighted by molar-refractivity contribution is -0.120. The van der Waals surface area contributed by atoms with E-state index in [1.807, 2.05) is 6.92 Å². The second kappa shape index (κ2) is 7.84. The summed E-state index contributed by atoms with van der Waals surface area (Å²) in [7, 11) is 0. The summed E-state index contributed by atoms with van der Waals surface area (Å²) in [4.78, 5) is 18.2. The maximum atomic E-state index is 12.3. The van der Waals surface area contributed by atoms with Gasteiger partial charge in [0.05, 0.1) is 6.42 Å². The molecule has 1 fully saturated rings. The van der Waals surface area contributed by atoms with Crippen LogP contribution in [-0.2, 0) is 11.2 Å². The molecule has 0 atom stereocenters. The van der Waals surface area contributed by atoms with Crippen molar-refractivity contribution in [3.63, 3.8) is 0 Å². The second-order valence-corrected chi connectivity index (χ2v) is 7.06. The summed E-state index contributed by atoms with van der Waals surface area (Å²) in [5.41, 5.74) is 4.57. The minimum Gasteiger partial charge on any atom is -0.358 e. The SMILES string of the molecule is Cc1ccc2[nH]c(C)c(CC(=O)NCCCN3CCCCC3)c2c1. The Balaban J connectivity index is 1.50. The summed E-state index contributed by atoms with van der Waals surface area (Å²) in [6.07, 6.45) is 5.52. The Morgan fingerprint density at radius 1 is 1.21 bits per heavy atom. The van der Waals surface area contributed by atoms with Crippen molar-refractivity contribution in [3.8, 4) is 0 Å². The molecule has 2 aromatic rings. The Hall–Kier alpha value is -1.81. The van der Waals surface area contributed by atoms with E-state index in [9.17, 15) is 4.79 Å². The first kappa shape index (κ1) is 17.0. The number of fused-ring (bicyclic) bond motifs is 1. The van der Waals surface area contributed by atoms with Crippen molar-refractivity contribution in [1.29, 1.82) is 0 Å². The highest BCUT2D eigenvalue weighted by molar-refractivity contribution is 5.90. The van der Waals surface area contributed by atoms with Crippen LogP contribution in [0.3, 0.4) is 0 Å². The zero-order valence-corrected chi connectivity index (χ0v) is 15.0. The first-order chi connectivity index (χ1) is 11.6. The number of aromatic amines is 1. The third-order valence-electron chi connectivity index (χ3n) is 5.03. The number of piperidine rings is 1. The number of rotatable bonds is 6. The van der Waals surface area contributed by atoms with Crippen molar-refractivity contribution in [2.45, 2.75) is 46.0 Å². The molecule has 0 aliphatic carbocycles. The average molecular weight is 327 g/mol. The summed E-state index contributed by atoms with van der Waals surface area (Å²) in [6, 6.07) is 6.36. The molecule has 0 saturated carbocycles. The number of nitrogens with one attached hydrogen (secondary N) is 2. The zero-order chi connectivity index (χ0) is 16.9. The maximum Gasteiger partial charge on any atom is 0.224 e. The van der Waals surface area contributed by atoms with E-state index < -0.39 is 0 Å². The molecule has 1 aliphatic rings. The van der Waals surface area contributed by atoms with Crippen LogP contribution in [0.15, 0.2) is 18.2 Å². The van der Waals surface area contributed by atoms with Crippen LogP contribution >= 0.6 is 0 Å². The lowest BCUT2D eigenvalue weighted by Crippen LogP contribution is -2.33. The molecule has 1 saturated heterocycles. The highest BCUT2D eigenvalue weighted by Crippen LogP contribution is 2.23. The maximum absolute atomic E-state index is 12.3. The molecule has 24 heavy (non-hydrogen) atoms. The molecule has 0 unspecified atom stereocenters. The van der Waals surface area contributed by atoms with E-state index in [2.05, 4.69) is 40.3 Å². The molecule has 2 N–H and O–H groups in total. The van der Waals surface area contributed by atoms with Gasteiger partial charge in [-0.15, -0.1) is 0 Å². The summed E-state index contributed by atoms with van der Waals surface area (Å²) in [6.45, 7) is 8.46. The molecular formula is C20H29N3O. The van der Waals surface area contributed by atoms with Crippen molar-refractivity contribution in [1.82, 2.24) is 15.2 Å². The number of aryl methyl sites for hydroxylation is 2. The highest BCUT2D eigenvalue weighted by atomic mass is 16.1. The molecule has 4 nitrogen and oxygen atoms in total. The summed E-state index contributed by atoms with van der Waals surface area (Å²) < 4.78 is 0. The molecule has 0 radical (unpaired) electrons. The highest BCUT2D eigenvalue weighted by Gasteiger charge is 2.13. The van der Waals surface area contributed by atoms with Gasteiger partial charge in [-0.1, -0.05) is 18.1 Å². The monoisotopic (exact) mass is 327 g/mol. The van der Waals surface area contributed by atoms with Crippen molar-refractivity contribution in [2.75, 3.05) is 26.2 Å². The molecule has 1 aromatic carbocycles. The van der Waals surface area contributed by atoms with Crippen LogP contribution in [0.2, 0.25) is 0 Å². The fraction of sp³-hybridized carbons (Fsp3) is 0.550. The number of H-pyrrole nitrogens is 1.